The molecule has 2 aromatic heterocycles. The maximum atomic E-state index is 6.48. The smallest absolute Gasteiger partial charge is 0.207 e. The second-order valence-electron chi connectivity index (χ2n) is 8.58. The topological polar surface area (TPSA) is 56.3 Å². The van der Waals surface area contributed by atoms with Crippen LogP contribution in [0.15, 0.2) is 47.0 Å². The fraction of sp³-hybridized carbons (Fsp3) is 0.360. The Kier molecular flexibility index (Phi) is 4.26. The molecule has 0 spiro atoms. The summed E-state index contributed by atoms with van der Waals surface area (Å²) in [4.78, 5) is 7.57. The highest BCUT2D eigenvalue weighted by Crippen LogP contribution is 2.46. The lowest BCUT2D eigenvalue weighted by molar-refractivity contribution is 0.260. The first kappa shape index (κ1) is 18.5. The fourth-order valence-electron chi connectivity index (χ4n) is 5.13. The number of rotatable bonds is 3. The minimum Gasteiger partial charge on any atom is -0.488 e. The zero-order valence-corrected chi connectivity index (χ0v) is 18.0. The molecule has 0 bridgehead atoms. The Hall–Kier alpha value is -3.28. The fourth-order valence-corrected chi connectivity index (χ4v) is 5.13. The average Bonchev–Trinajstić information content (AvgIpc) is 3.37. The highest BCUT2D eigenvalue weighted by molar-refractivity contribution is 5.94. The number of anilines is 1. The van der Waals surface area contributed by atoms with Gasteiger partial charge in [0.2, 0.25) is 5.95 Å². The van der Waals surface area contributed by atoms with Crippen LogP contribution in [-0.2, 0) is 0 Å². The Morgan fingerprint density at radius 2 is 1.77 bits per heavy atom. The molecule has 6 rings (SSSR count). The Morgan fingerprint density at radius 3 is 2.52 bits per heavy atom. The van der Waals surface area contributed by atoms with E-state index in [2.05, 4.69) is 57.1 Å². The second-order valence-corrected chi connectivity index (χ2v) is 8.58. The van der Waals surface area contributed by atoms with Gasteiger partial charge in [0.1, 0.15) is 17.9 Å². The second kappa shape index (κ2) is 7.15. The lowest BCUT2D eigenvalue weighted by Crippen LogP contribution is -2.34. The lowest BCUT2D eigenvalue weighted by Gasteiger charge is -2.33. The summed E-state index contributed by atoms with van der Waals surface area (Å²) < 4.78 is 14.4. The van der Waals surface area contributed by atoms with Gasteiger partial charge < -0.3 is 14.2 Å². The van der Waals surface area contributed by atoms with Gasteiger partial charge in [-0.2, -0.15) is 0 Å². The summed E-state index contributed by atoms with van der Waals surface area (Å²) in [7, 11) is 0. The minimum absolute atomic E-state index is 0.0931. The van der Waals surface area contributed by atoms with Crippen molar-refractivity contribution in [3.8, 4) is 16.9 Å². The maximum Gasteiger partial charge on any atom is 0.207 e. The van der Waals surface area contributed by atoms with Gasteiger partial charge in [-0.1, -0.05) is 35.5 Å². The number of nitrogens with zero attached hydrogens (tertiary/aromatic N) is 4. The van der Waals surface area contributed by atoms with Crippen molar-refractivity contribution in [2.75, 3.05) is 24.6 Å². The summed E-state index contributed by atoms with van der Waals surface area (Å²) >= 11 is 0. The molecule has 1 saturated heterocycles. The standard InChI is InChI=1S/C25H26N4O2/c1-16-22(17(2)31-27-16)19-11-12-20-23-24(19)30-15-21(18-9-5-3-6-10-18)29(23)25(26-20)28-13-7-4-8-14-28/h3,5-6,9-12,21H,4,7-8,13-15H2,1-2H3. The molecule has 6 heteroatoms. The van der Waals surface area contributed by atoms with Crippen LogP contribution in [0.4, 0.5) is 5.95 Å². The van der Waals surface area contributed by atoms with Gasteiger partial charge in [0.25, 0.3) is 0 Å². The van der Waals surface area contributed by atoms with Crippen LogP contribution in [0.2, 0.25) is 0 Å². The van der Waals surface area contributed by atoms with Crippen LogP contribution in [0, 0.1) is 13.8 Å². The van der Waals surface area contributed by atoms with Crippen molar-refractivity contribution in [2.45, 2.75) is 39.2 Å². The molecule has 4 aromatic rings. The van der Waals surface area contributed by atoms with E-state index < -0.39 is 0 Å². The van der Waals surface area contributed by atoms with E-state index >= 15 is 0 Å². The van der Waals surface area contributed by atoms with Crippen molar-refractivity contribution >= 4 is 17.0 Å². The lowest BCUT2D eigenvalue weighted by atomic mass is 10.00. The number of aryl methyl sites for hydroxylation is 2. The largest absolute Gasteiger partial charge is 0.488 e. The van der Waals surface area contributed by atoms with Gasteiger partial charge >= 0.3 is 0 Å². The van der Waals surface area contributed by atoms with E-state index in [4.69, 9.17) is 14.2 Å². The van der Waals surface area contributed by atoms with Crippen molar-refractivity contribution in [3.63, 3.8) is 0 Å². The molecule has 1 unspecified atom stereocenters. The van der Waals surface area contributed by atoms with Crippen LogP contribution < -0.4 is 9.64 Å². The maximum absolute atomic E-state index is 6.48. The van der Waals surface area contributed by atoms with Crippen LogP contribution in [0.25, 0.3) is 22.2 Å². The van der Waals surface area contributed by atoms with Gasteiger partial charge in [0.05, 0.1) is 22.8 Å². The molecule has 0 amide bonds. The number of aromatic nitrogens is 3. The first-order valence-electron chi connectivity index (χ1n) is 11.1. The first-order valence-corrected chi connectivity index (χ1v) is 11.1. The molecular formula is C25H26N4O2. The van der Waals surface area contributed by atoms with E-state index in [0.717, 1.165) is 58.4 Å². The number of benzene rings is 2. The van der Waals surface area contributed by atoms with Gasteiger partial charge in [-0.25, -0.2) is 4.98 Å². The molecule has 2 aliphatic heterocycles. The van der Waals surface area contributed by atoms with Crippen LogP contribution >= 0.6 is 0 Å². The SMILES string of the molecule is Cc1noc(C)c1-c1ccc2nc(N3CCCCC3)n3c2c1OCC3c1ccccc1. The third-order valence-electron chi connectivity index (χ3n) is 6.61. The van der Waals surface area contributed by atoms with Crippen LogP contribution in [0.5, 0.6) is 5.75 Å². The van der Waals surface area contributed by atoms with Crippen LogP contribution in [-0.4, -0.2) is 34.4 Å². The van der Waals surface area contributed by atoms with Crippen molar-refractivity contribution in [1.82, 2.24) is 14.7 Å². The molecule has 2 aromatic carbocycles. The number of ether oxygens (including phenoxy) is 1. The molecular weight excluding hydrogens is 388 g/mol. The predicted octanol–water partition coefficient (Wildman–Crippen LogP) is 5.28. The molecule has 31 heavy (non-hydrogen) atoms. The zero-order chi connectivity index (χ0) is 20.9. The normalized spacial score (nSPS) is 18.4. The molecule has 0 N–H and O–H groups in total. The van der Waals surface area contributed by atoms with Crippen molar-refractivity contribution in [1.29, 1.82) is 0 Å². The number of piperidine rings is 1. The monoisotopic (exact) mass is 414 g/mol. The minimum atomic E-state index is 0.0931. The summed E-state index contributed by atoms with van der Waals surface area (Å²) in [6.45, 7) is 6.62. The van der Waals surface area contributed by atoms with Crippen LogP contribution in [0.3, 0.4) is 0 Å². The highest BCUT2D eigenvalue weighted by Gasteiger charge is 2.33. The van der Waals surface area contributed by atoms with Crippen LogP contribution in [0.1, 0.15) is 42.3 Å². The van der Waals surface area contributed by atoms with Crippen molar-refractivity contribution in [3.05, 3.63) is 59.5 Å². The van der Waals surface area contributed by atoms with Gasteiger partial charge in [-0.3, -0.25) is 4.57 Å². The number of hydrogen-bond acceptors (Lipinski definition) is 5. The molecule has 1 fully saturated rings. The first-order chi connectivity index (χ1) is 15.2. The van der Waals surface area contributed by atoms with E-state index in [9.17, 15) is 0 Å². The molecule has 2 aliphatic rings. The number of hydrogen-bond donors (Lipinski definition) is 0. The molecule has 0 aliphatic carbocycles. The van der Waals surface area contributed by atoms with Crippen molar-refractivity contribution in [2.24, 2.45) is 0 Å². The van der Waals surface area contributed by atoms with Crippen molar-refractivity contribution < 1.29 is 9.26 Å². The Bertz CT molecular complexity index is 1230. The van der Waals surface area contributed by atoms with Gasteiger partial charge in [0, 0.05) is 18.7 Å². The summed E-state index contributed by atoms with van der Waals surface area (Å²) in [6, 6.07) is 14.9. The Labute approximate surface area is 181 Å². The van der Waals surface area contributed by atoms with Gasteiger partial charge in [-0.15, -0.1) is 0 Å². The summed E-state index contributed by atoms with van der Waals surface area (Å²) in [6.07, 6.45) is 3.73. The number of imidazole rings is 1. The quantitative estimate of drug-likeness (QED) is 0.456. The highest BCUT2D eigenvalue weighted by atomic mass is 16.5. The molecule has 6 nitrogen and oxygen atoms in total. The van der Waals surface area contributed by atoms with Gasteiger partial charge in [-0.05, 0) is 50.8 Å². The Balaban J connectivity index is 1.62. The van der Waals surface area contributed by atoms with E-state index in [0.29, 0.717) is 6.61 Å². The van der Waals surface area contributed by atoms with E-state index in [-0.39, 0.29) is 6.04 Å². The average molecular weight is 415 g/mol. The summed E-state index contributed by atoms with van der Waals surface area (Å²) in [5.74, 6) is 2.75. The molecule has 1 atom stereocenters. The van der Waals surface area contributed by atoms with E-state index in [1.165, 1.54) is 24.8 Å². The predicted molar refractivity (Wildman–Crippen MR) is 121 cm³/mol. The Morgan fingerprint density at radius 1 is 0.968 bits per heavy atom. The molecule has 0 saturated carbocycles. The summed E-state index contributed by atoms with van der Waals surface area (Å²) in [5, 5.41) is 4.17. The molecule has 0 radical (unpaired) electrons. The molecule has 158 valence electrons. The summed E-state index contributed by atoms with van der Waals surface area (Å²) in [5.41, 5.74) is 6.21. The van der Waals surface area contributed by atoms with Gasteiger partial charge in [0.15, 0.2) is 5.75 Å². The zero-order valence-electron chi connectivity index (χ0n) is 18.0. The van der Waals surface area contributed by atoms with E-state index in [1.54, 1.807) is 0 Å². The third-order valence-corrected chi connectivity index (χ3v) is 6.61. The van der Waals surface area contributed by atoms with E-state index in [1.807, 2.05) is 13.8 Å². The third kappa shape index (κ3) is 2.85. The molecule has 4 heterocycles.